The van der Waals surface area contributed by atoms with E-state index in [1.54, 1.807) is 0 Å². The first-order chi connectivity index (χ1) is 6.74. The first-order valence-corrected chi connectivity index (χ1v) is 5.57. The average molecular weight is 199 g/mol. The second-order valence-corrected chi connectivity index (χ2v) is 4.21. The Labute approximate surface area is 86.0 Å². The second kappa shape index (κ2) is 6.02. The summed E-state index contributed by atoms with van der Waals surface area (Å²) in [7, 11) is 1.39. The number of hydrogen-bond donors (Lipinski definition) is 1. The minimum absolute atomic E-state index is 0.281. The molecule has 3 nitrogen and oxygen atoms in total. The fraction of sp³-hybridized carbons (Fsp3) is 0.909. The lowest BCUT2D eigenvalue weighted by Gasteiger charge is -2.11. The quantitative estimate of drug-likeness (QED) is 0.687. The van der Waals surface area contributed by atoms with Gasteiger partial charge in [0.15, 0.2) is 0 Å². The van der Waals surface area contributed by atoms with Crippen LogP contribution in [0.3, 0.4) is 0 Å². The molecule has 1 saturated carbocycles. The zero-order valence-corrected chi connectivity index (χ0v) is 9.00. The van der Waals surface area contributed by atoms with Gasteiger partial charge in [0.1, 0.15) is 6.04 Å². The molecule has 0 aliphatic heterocycles. The van der Waals surface area contributed by atoms with Crippen LogP contribution in [-0.4, -0.2) is 19.1 Å². The van der Waals surface area contributed by atoms with Crippen molar-refractivity contribution in [2.45, 2.75) is 51.0 Å². The van der Waals surface area contributed by atoms with Gasteiger partial charge in [-0.3, -0.25) is 4.79 Å². The molecule has 0 heterocycles. The van der Waals surface area contributed by atoms with Crippen LogP contribution in [0.25, 0.3) is 0 Å². The van der Waals surface area contributed by atoms with E-state index in [1.165, 1.54) is 39.2 Å². The summed E-state index contributed by atoms with van der Waals surface area (Å²) >= 11 is 0. The maximum absolute atomic E-state index is 11.0. The van der Waals surface area contributed by atoms with Gasteiger partial charge in [-0.05, 0) is 12.3 Å². The number of hydrogen-bond acceptors (Lipinski definition) is 3. The largest absolute Gasteiger partial charge is 0.468 e. The summed E-state index contributed by atoms with van der Waals surface area (Å²) in [4.78, 5) is 11.0. The van der Waals surface area contributed by atoms with Crippen molar-refractivity contribution in [3.63, 3.8) is 0 Å². The van der Waals surface area contributed by atoms with Gasteiger partial charge in [0.2, 0.25) is 0 Å². The molecule has 1 fully saturated rings. The van der Waals surface area contributed by atoms with Crippen molar-refractivity contribution >= 4 is 5.97 Å². The lowest BCUT2D eigenvalue weighted by molar-refractivity contribution is -0.142. The Bertz CT molecular complexity index is 176. The molecule has 3 heteroatoms. The van der Waals surface area contributed by atoms with Crippen molar-refractivity contribution < 1.29 is 9.53 Å². The first-order valence-electron chi connectivity index (χ1n) is 5.57. The molecular weight excluding hydrogens is 178 g/mol. The number of carbonyl (C=O) groups excluding carboxylic acids is 1. The highest BCUT2D eigenvalue weighted by molar-refractivity contribution is 5.75. The van der Waals surface area contributed by atoms with Crippen molar-refractivity contribution in [1.29, 1.82) is 0 Å². The fourth-order valence-electron chi connectivity index (χ4n) is 2.19. The molecule has 0 amide bonds. The molecule has 82 valence electrons. The lowest BCUT2D eigenvalue weighted by atomic mass is 9.99. The third-order valence-corrected chi connectivity index (χ3v) is 3.11. The molecular formula is C11H21NO2. The summed E-state index contributed by atoms with van der Waals surface area (Å²) in [5, 5.41) is 0. The number of rotatable bonds is 5. The van der Waals surface area contributed by atoms with Crippen LogP contribution in [0.15, 0.2) is 0 Å². The summed E-state index contributed by atoms with van der Waals surface area (Å²) in [6.07, 6.45) is 8.55. The molecule has 0 bridgehead atoms. The van der Waals surface area contributed by atoms with Crippen LogP contribution in [0, 0.1) is 5.92 Å². The van der Waals surface area contributed by atoms with Gasteiger partial charge in [0.25, 0.3) is 0 Å². The molecule has 1 aliphatic rings. The zero-order chi connectivity index (χ0) is 10.4. The van der Waals surface area contributed by atoms with E-state index in [9.17, 15) is 4.79 Å². The topological polar surface area (TPSA) is 52.3 Å². The monoisotopic (exact) mass is 199 g/mol. The Kier molecular flexibility index (Phi) is 4.94. The van der Waals surface area contributed by atoms with Crippen LogP contribution in [0.1, 0.15) is 44.9 Å². The number of nitrogens with two attached hydrogens (primary N) is 1. The van der Waals surface area contributed by atoms with Crippen LogP contribution in [-0.2, 0) is 9.53 Å². The molecule has 0 spiro atoms. The molecule has 1 aliphatic carbocycles. The van der Waals surface area contributed by atoms with Crippen LogP contribution >= 0.6 is 0 Å². The maximum atomic E-state index is 11.0. The molecule has 0 aromatic heterocycles. The van der Waals surface area contributed by atoms with Crippen LogP contribution < -0.4 is 5.73 Å². The smallest absolute Gasteiger partial charge is 0.322 e. The Morgan fingerprint density at radius 3 is 2.71 bits per heavy atom. The van der Waals surface area contributed by atoms with Gasteiger partial charge in [0, 0.05) is 0 Å². The van der Waals surface area contributed by atoms with Crippen molar-refractivity contribution in [1.82, 2.24) is 0 Å². The van der Waals surface area contributed by atoms with E-state index in [1.807, 2.05) is 0 Å². The summed E-state index contributed by atoms with van der Waals surface area (Å²) < 4.78 is 4.57. The van der Waals surface area contributed by atoms with E-state index in [2.05, 4.69) is 4.74 Å². The zero-order valence-electron chi connectivity index (χ0n) is 9.00. The van der Waals surface area contributed by atoms with Gasteiger partial charge in [-0.15, -0.1) is 0 Å². The highest BCUT2D eigenvalue weighted by Gasteiger charge is 2.17. The number of ether oxygens (including phenoxy) is 1. The average Bonchev–Trinajstić information content (AvgIpc) is 2.69. The van der Waals surface area contributed by atoms with Gasteiger partial charge in [-0.1, -0.05) is 38.5 Å². The SMILES string of the molecule is COC(=O)C(N)CCCC1CCCC1. The molecule has 14 heavy (non-hydrogen) atoms. The maximum Gasteiger partial charge on any atom is 0.322 e. The van der Waals surface area contributed by atoms with Crippen molar-refractivity contribution in [2.75, 3.05) is 7.11 Å². The number of esters is 1. The van der Waals surface area contributed by atoms with Gasteiger partial charge >= 0.3 is 5.97 Å². The fourth-order valence-corrected chi connectivity index (χ4v) is 2.19. The third kappa shape index (κ3) is 3.66. The summed E-state index contributed by atoms with van der Waals surface area (Å²) in [5.74, 6) is 0.608. The molecule has 1 unspecified atom stereocenters. The summed E-state index contributed by atoms with van der Waals surface area (Å²) in [6, 6.07) is -0.415. The number of methoxy groups -OCH3 is 1. The summed E-state index contributed by atoms with van der Waals surface area (Å²) in [6.45, 7) is 0. The van der Waals surface area contributed by atoms with E-state index in [0.717, 1.165) is 18.8 Å². The Hall–Kier alpha value is -0.570. The molecule has 0 radical (unpaired) electrons. The molecule has 1 atom stereocenters. The predicted octanol–water partition coefficient (Wildman–Crippen LogP) is 1.85. The first kappa shape index (κ1) is 11.5. The minimum atomic E-state index is -0.415. The van der Waals surface area contributed by atoms with Gasteiger partial charge in [-0.2, -0.15) is 0 Å². The van der Waals surface area contributed by atoms with E-state index < -0.39 is 6.04 Å². The van der Waals surface area contributed by atoms with Gasteiger partial charge in [0.05, 0.1) is 7.11 Å². The Morgan fingerprint density at radius 1 is 1.50 bits per heavy atom. The molecule has 0 aromatic rings. The molecule has 1 rings (SSSR count). The highest BCUT2D eigenvalue weighted by atomic mass is 16.5. The van der Waals surface area contributed by atoms with Crippen molar-refractivity contribution in [2.24, 2.45) is 11.7 Å². The second-order valence-electron chi connectivity index (χ2n) is 4.21. The lowest BCUT2D eigenvalue weighted by Crippen LogP contribution is -2.31. The standard InChI is InChI=1S/C11H21NO2/c1-14-11(13)10(12)8-4-7-9-5-2-3-6-9/h9-10H,2-8,12H2,1H3. The van der Waals surface area contributed by atoms with Gasteiger partial charge in [-0.25, -0.2) is 0 Å². The van der Waals surface area contributed by atoms with Crippen LogP contribution in [0.2, 0.25) is 0 Å². The van der Waals surface area contributed by atoms with E-state index in [0.29, 0.717) is 0 Å². The van der Waals surface area contributed by atoms with E-state index in [4.69, 9.17) is 5.73 Å². The normalized spacial score (nSPS) is 19.6. The molecule has 0 saturated heterocycles. The molecule has 2 N–H and O–H groups in total. The van der Waals surface area contributed by atoms with Crippen molar-refractivity contribution in [3.8, 4) is 0 Å². The van der Waals surface area contributed by atoms with Crippen molar-refractivity contribution in [3.05, 3.63) is 0 Å². The van der Waals surface area contributed by atoms with E-state index in [-0.39, 0.29) is 5.97 Å². The Morgan fingerprint density at radius 2 is 2.14 bits per heavy atom. The van der Waals surface area contributed by atoms with Crippen LogP contribution in [0.5, 0.6) is 0 Å². The molecule has 0 aromatic carbocycles. The summed E-state index contributed by atoms with van der Waals surface area (Å²) in [5.41, 5.74) is 5.64. The van der Waals surface area contributed by atoms with E-state index >= 15 is 0 Å². The minimum Gasteiger partial charge on any atom is -0.468 e. The van der Waals surface area contributed by atoms with Crippen LogP contribution in [0.4, 0.5) is 0 Å². The highest BCUT2D eigenvalue weighted by Crippen LogP contribution is 2.28. The number of carbonyl (C=O) groups is 1. The third-order valence-electron chi connectivity index (χ3n) is 3.11. The predicted molar refractivity (Wildman–Crippen MR) is 55.8 cm³/mol. The Balaban J connectivity index is 2.05. The van der Waals surface area contributed by atoms with Gasteiger partial charge < -0.3 is 10.5 Å².